The lowest BCUT2D eigenvalue weighted by Gasteiger charge is -2.13. The third kappa shape index (κ3) is 3.45. The molecular weight excluding hydrogens is 246 g/mol. The third-order valence-corrected chi connectivity index (χ3v) is 3.15. The lowest BCUT2D eigenvalue weighted by atomic mass is 10.0. The van der Waals surface area contributed by atoms with E-state index in [-0.39, 0.29) is 6.04 Å². The van der Waals surface area contributed by atoms with Crippen molar-refractivity contribution in [3.05, 3.63) is 58.7 Å². The number of nitrogen functional groups attached to an aromatic ring is 1. The van der Waals surface area contributed by atoms with E-state index in [0.29, 0.717) is 5.82 Å². The average Bonchev–Trinajstić information content (AvgIpc) is 2.32. The molecule has 1 aromatic heterocycles. The number of hydrogen-bond acceptors (Lipinski definition) is 3. The van der Waals surface area contributed by atoms with Crippen molar-refractivity contribution in [1.29, 1.82) is 0 Å². The van der Waals surface area contributed by atoms with Crippen molar-refractivity contribution >= 4 is 17.4 Å². The molecule has 0 aliphatic carbocycles. The highest BCUT2D eigenvalue weighted by atomic mass is 35.5. The second kappa shape index (κ2) is 5.85. The van der Waals surface area contributed by atoms with E-state index in [2.05, 4.69) is 4.98 Å². The first-order valence-corrected chi connectivity index (χ1v) is 6.22. The molecule has 1 heterocycles. The maximum Gasteiger partial charge on any atom is 0.123 e. The van der Waals surface area contributed by atoms with Gasteiger partial charge in [0.05, 0.1) is 0 Å². The topological polar surface area (TPSA) is 64.9 Å². The number of hydrogen-bond donors (Lipinski definition) is 2. The van der Waals surface area contributed by atoms with E-state index in [4.69, 9.17) is 23.1 Å². The number of rotatable bonds is 4. The van der Waals surface area contributed by atoms with Crippen LogP contribution in [0, 0.1) is 0 Å². The fourth-order valence-electron chi connectivity index (χ4n) is 1.94. The summed E-state index contributed by atoms with van der Waals surface area (Å²) in [7, 11) is 0. The molecule has 1 unspecified atom stereocenters. The molecule has 0 fully saturated rings. The minimum Gasteiger partial charge on any atom is -0.384 e. The molecule has 2 rings (SSSR count). The minimum atomic E-state index is 0.0201. The molecule has 0 bridgehead atoms. The molecule has 1 atom stereocenters. The van der Waals surface area contributed by atoms with Gasteiger partial charge in [-0.15, -0.1) is 0 Å². The lowest BCUT2D eigenvalue weighted by Crippen LogP contribution is -2.25. The highest BCUT2D eigenvalue weighted by molar-refractivity contribution is 6.31. The predicted octanol–water partition coefficient (Wildman–Crippen LogP) is 2.43. The maximum absolute atomic E-state index is 6.14. The van der Waals surface area contributed by atoms with E-state index in [9.17, 15) is 0 Å². The monoisotopic (exact) mass is 261 g/mol. The Morgan fingerprint density at radius 2 is 1.94 bits per heavy atom. The Morgan fingerprint density at radius 1 is 1.17 bits per heavy atom. The van der Waals surface area contributed by atoms with Gasteiger partial charge in [0.15, 0.2) is 0 Å². The van der Waals surface area contributed by atoms with Gasteiger partial charge in [-0.05, 0) is 42.2 Å². The van der Waals surface area contributed by atoms with Crippen molar-refractivity contribution < 1.29 is 0 Å². The van der Waals surface area contributed by atoms with Gasteiger partial charge in [0.25, 0.3) is 0 Å². The quantitative estimate of drug-likeness (QED) is 0.888. The molecule has 0 amide bonds. The molecule has 4 N–H and O–H groups in total. The van der Waals surface area contributed by atoms with Crippen molar-refractivity contribution in [3.8, 4) is 0 Å². The van der Waals surface area contributed by atoms with Crippen LogP contribution in [0.2, 0.25) is 5.02 Å². The maximum atomic E-state index is 6.14. The Morgan fingerprint density at radius 3 is 2.67 bits per heavy atom. The number of pyridine rings is 1. The number of halogens is 1. The van der Waals surface area contributed by atoms with E-state index in [1.807, 2.05) is 36.4 Å². The average molecular weight is 262 g/mol. The number of nitrogens with two attached hydrogens (primary N) is 2. The Labute approximate surface area is 112 Å². The summed E-state index contributed by atoms with van der Waals surface area (Å²) in [5.74, 6) is 0.525. The van der Waals surface area contributed by atoms with Crippen molar-refractivity contribution in [2.75, 3.05) is 5.73 Å². The normalized spacial score (nSPS) is 12.3. The number of anilines is 1. The Bertz CT molecular complexity index is 528. The molecule has 2 aromatic rings. The van der Waals surface area contributed by atoms with E-state index in [1.165, 1.54) is 0 Å². The number of benzene rings is 1. The first-order valence-electron chi connectivity index (χ1n) is 5.84. The Kier molecular flexibility index (Phi) is 4.18. The van der Waals surface area contributed by atoms with Gasteiger partial charge in [0.1, 0.15) is 5.82 Å². The van der Waals surface area contributed by atoms with Gasteiger partial charge in [-0.3, -0.25) is 0 Å². The summed E-state index contributed by atoms with van der Waals surface area (Å²) in [4.78, 5) is 3.96. The summed E-state index contributed by atoms with van der Waals surface area (Å²) in [5, 5.41) is 0.766. The van der Waals surface area contributed by atoms with E-state index in [1.54, 1.807) is 6.20 Å². The van der Waals surface area contributed by atoms with Crippen LogP contribution in [0.1, 0.15) is 11.1 Å². The molecule has 0 aliphatic rings. The fourth-order valence-corrected chi connectivity index (χ4v) is 2.16. The van der Waals surface area contributed by atoms with Crippen LogP contribution in [-0.4, -0.2) is 11.0 Å². The summed E-state index contributed by atoms with van der Waals surface area (Å²) in [5.41, 5.74) is 14.0. The molecule has 3 nitrogen and oxygen atoms in total. The van der Waals surface area contributed by atoms with Crippen LogP contribution < -0.4 is 11.5 Å². The summed E-state index contributed by atoms with van der Waals surface area (Å²) in [6.07, 6.45) is 3.22. The Hall–Kier alpha value is -1.58. The van der Waals surface area contributed by atoms with Gasteiger partial charge in [-0.25, -0.2) is 4.98 Å². The summed E-state index contributed by atoms with van der Waals surface area (Å²) < 4.78 is 0. The smallest absolute Gasteiger partial charge is 0.123 e. The van der Waals surface area contributed by atoms with Gasteiger partial charge in [0, 0.05) is 17.3 Å². The molecule has 0 saturated heterocycles. The van der Waals surface area contributed by atoms with Gasteiger partial charge in [0.2, 0.25) is 0 Å². The minimum absolute atomic E-state index is 0.0201. The van der Waals surface area contributed by atoms with E-state index >= 15 is 0 Å². The largest absolute Gasteiger partial charge is 0.384 e. The SMILES string of the molecule is Nc1cc(CC(N)Cc2ccccc2Cl)ccn1. The van der Waals surface area contributed by atoms with Gasteiger partial charge >= 0.3 is 0 Å². The van der Waals surface area contributed by atoms with Crippen molar-refractivity contribution in [2.24, 2.45) is 5.73 Å². The standard InChI is InChI=1S/C14H16ClN3/c15-13-4-2-1-3-11(13)9-12(16)7-10-5-6-18-14(17)8-10/h1-6,8,12H,7,9,16H2,(H2,17,18). The molecule has 0 radical (unpaired) electrons. The van der Waals surface area contributed by atoms with Crippen LogP contribution in [0.25, 0.3) is 0 Å². The zero-order chi connectivity index (χ0) is 13.0. The van der Waals surface area contributed by atoms with E-state index in [0.717, 1.165) is 29.0 Å². The molecule has 1 aromatic carbocycles. The summed E-state index contributed by atoms with van der Waals surface area (Å²) in [6, 6.07) is 11.6. The Balaban J connectivity index is 2.01. The first kappa shape index (κ1) is 12.9. The molecule has 94 valence electrons. The number of nitrogens with zero attached hydrogens (tertiary/aromatic N) is 1. The van der Waals surface area contributed by atoms with Crippen molar-refractivity contribution in [2.45, 2.75) is 18.9 Å². The third-order valence-electron chi connectivity index (χ3n) is 2.78. The van der Waals surface area contributed by atoms with Crippen molar-refractivity contribution in [1.82, 2.24) is 4.98 Å². The molecule has 0 spiro atoms. The predicted molar refractivity (Wildman–Crippen MR) is 75.5 cm³/mol. The molecule has 0 aliphatic heterocycles. The van der Waals surface area contributed by atoms with Gasteiger partial charge in [-0.2, -0.15) is 0 Å². The van der Waals surface area contributed by atoms with Gasteiger partial charge < -0.3 is 11.5 Å². The van der Waals surface area contributed by atoms with Crippen molar-refractivity contribution in [3.63, 3.8) is 0 Å². The second-order valence-electron chi connectivity index (χ2n) is 4.35. The zero-order valence-electron chi connectivity index (χ0n) is 10.0. The summed E-state index contributed by atoms with van der Waals surface area (Å²) >= 11 is 6.11. The van der Waals surface area contributed by atoms with Gasteiger partial charge in [-0.1, -0.05) is 29.8 Å². The molecule has 4 heteroatoms. The molecular formula is C14H16ClN3. The van der Waals surface area contributed by atoms with Crippen LogP contribution in [0.5, 0.6) is 0 Å². The lowest BCUT2D eigenvalue weighted by molar-refractivity contribution is 0.664. The first-order chi connectivity index (χ1) is 8.65. The fraction of sp³-hybridized carbons (Fsp3) is 0.214. The molecule has 0 saturated carbocycles. The highest BCUT2D eigenvalue weighted by Crippen LogP contribution is 2.17. The highest BCUT2D eigenvalue weighted by Gasteiger charge is 2.08. The van der Waals surface area contributed by atoms with Crippen LogP contribution in [0.4, 0.5) is 5.82 Å². The van der Waals surface area contributed by atoms with Crippen LogP contribution in [-0.2, 0) is 12.8 Å². The van der Waals surface area contributed by atoms with Crippen LogP contribution in [0.3, 0.4) is 0 Å². The van der Waals surface area contributed by atoms with Crippen LogP contribution in [0.15, 0.2) is 42.6 Å². The molecule has 18 heavy (non-hydrogen) atoms. The summed E-state index contributed by atoms with van der Waals surface area (Å²) in [6.45, 7) is 0. The second-order valence-corrected chi connectivity index (χ2v) is 4.76. The zero-order valence-corrected chi connectivity index (χ0v) is 10.8. The number of aromatic nitrogens is 1. The van der Waals surface area contributed by atoms with E-state index < -0.39 is 0 Å². The van der Waals surface area contributed by atoms with Crippen LogP contribution >= 0.6 is 11.6 Å².